The van der Waals surface area contributed by atoms with Crippen molar-refractivity contribution in [1.29, 1.82) is 0 Å². The molecule has 0 saturated heterocycles. The summed E-state index contributed by atoms with van der Waals surface area (Å²) in [5.41, 5.74) is 2.59. The Hall–Kier alpha value is -1.36. The maximum atomic E-state index is 5.14. The third-order valence-corrected chi connectivity index (χ3v) is 3.24. The Bertz CT molecular complexity index is 508. The number of nitrogens with one attached hydrogen (secondary N) is 1. The van der Waals surface area contributed by atoms with Gasteiger partial charge in [0.2, 0.25) is 0 Å². The number of hydrogen-bond donors (Lipinski definition) is 1. The molecule has 4 heteroatoms. The lowest BCUT2D eigenvalue weighted by molar-refractivity contribution is 0.188. The molecule has 1 aromatic heterocycles. The van der Waals surface area contributed by atoms with Gasteiger partial charge in [0.1, 0.15) is 0 Å². The second-order valence-corrected chi connectivity index (χ2v) is 4.52. The minimum absolute atomic E-state index is 0.736. The lowest BCUT2D eigenvalue weighted by Gasteiger charge is -2.08. The monoisotopic (exact) mass is 262 g/mol. The molecule has 2 aromatic rings. The zero-order valence-corrected chi connectivity index (χ0v) is 11.7. The Labute approximate surface area is 114 Å². The molecule has 0 aliphatic rings. The van der Waals surface area contributed by atoms with Gasteiger partial charge in [0.15, 0.2) is 0 Å². The summed E-state index contributed by atoms with van der Waals surface area (Å²) in [5.74, 6) is 0. The molecular weight excluding hydrogens is 240 g/mol. The molecule has 19 heavy (non-hydrogen) atoms. The Morgan fingerprint density at radius 3 is 2.74 bits per heavy atom. The number of benzene rings is 1. The predicted molar refractivity (Wildman–Crippen MR) is 77.4 cm³/mol. The zero-order chi connectivity index (χ0) is 13.5. The van der Waals surface area contributed by atoms with Gasteiger partial charge in [0, 0.05) is 51.0 Å². The topological polar surface area (TPSA) is 35.4 Å². The second kappa shape index (κ2) is 7.28. The Balaban J connectivity index is 2.09. The van der Waals surface area contributed by atoms with Gasteiger partial charge in [0.25, 0.3) is 0 Å². The van der Waals surface area contributed by atoms with Crippen LogP contribution in [0.1, 0.15) is 5.56 Å². The lowest BCUT2D eigenvalue weighted by Crippen LogP contribution is -2.18. The molecule has 0 atom stereocenters. The van der Waals surface area contributed by atoms with E-state index in [9.17, 15) is 0 Å². The number of fused-ring (bicyclic) bond motifs is 1. The summed E-state index contributed by atoms with van der Waals surface area (Å²) < 4.78 is 12.4. The summed E-state index contributed by atoms with van der Waals surface area (Å²) in [6.07, 6.45) is 2.13. The normalized spacial score (nSPS) is 11.3. The van der Waals surface area contributed by atoms with Crippen molar-refractivity contribution in [1.82, 2.24) is 9.88 Å². The molecule has 0 fully saturated rings. The van der Waals surface area contributed by atoms with E-state index in [4.69, 9.17) is 9.47 Å². The molecule has 0 radical (unpaired) electrons. The largest absolute Gasteiger partial charge is 0.383 e. The summed E-state index contributed by atoms with van der Waals surface area (Å²) >= 11 is 0. The number of hydrogen-bond acceptors (Lipinski definition) is 3. The van der Waals surface area contributed by atoms with Gasteiger partial charge in [-0.1, -0.05) is 12.1 Å². The van der Waals surface area contributed by atoms with E-state index < -0.39 is 0 Å². The van der Waals surface area contributed by atoms with Gasteiger partial charge >= 0.3 is 0 Å². The maximum Gasteiger partial charge on any atom is 0.0641 e. The molecular formula is C15H22N2O2. The molecule has 0 aliphatic heterocycles. The van der Waals surface area contributed by atoms with Crippen LogP contribution in [0.2, 0.25) is 0 Å². The molecule has 104 valence electrons. The van der Waals surface area contributed by atoms with E-state index in [1.165, 1.54) is 16.5 Å². The van der Waals surface area contributed by atoms with Crippen molar-refractivity contribution in [2.45, 2.75) is 13.1 Å². The van der Waals surface area contributed by atoms with Crippen molar-refractivity contribution in [3.8, 4) is 0 Å². The molecule has 0 spiro atoms. The molecule has 1 heterocycles. The van der Waals surface area contributed by atoms with Crippen LogP contribution in [-0.4, -0.2) is 38.5 Å². The Morgan fingerprint density at radius 2 is 1.95 bits per heavy atom. The molecule has 1 N–H and O–H groups in total. The number of aromatic nitrogens is 1. The summed E-state index contributed by atoms with van der Waals surface area (Å²) in [5, 5.41) is 4.70. The van der Waals surface area contributed by atoms with Crippen LogP contribution in [0.3, 0.4) is 0 Å². The standard InChI is InChI=1S/C15H22N2O2/c1-18-10-7-16-12-13-4-3-5-15-14(13)6-8-17(15)9-11-19-2/h3-6,8,16H,7,9-12H2,1-2H3. The van der Waals surface area contributed by atoms with Crippen molar-refractivity contribution < 1.29 is 9.47 Å². The Kier molecular flexibility index (Phi) is 5.39. The molecule has 1 aromatic carbocycles. The number of ether oxygens (including phenoxy) is 2. The van der Waals surface area contributed by atoms with Crippen LogP contribution in [0.5, 0.6) is 0 Å². The average Bonchev–Trinajstić information content (AvgIpc) is 2.85. The lowest BCUT2D eigenvalue weighted by atomic mass is 10.1. The van der Waals surface area contributed by atoms with Crippen molar-refractivity contribution >= 4 is 10.9 Å². The highest BCUT2D eigenvalue weighted by atomic mass is 16.5. The highest BCUT2D eigenvalue weighted by molar-refractivity contribution is 5.83. The van der Waals surface area contributed by atoms with Crippen LogP contribution < -0.4 is 5.32 Å². The minimum atomic E-state index is 0.736. The average molecular weight is 262 g/mol. The van der Waals surface area contributed by atoms with Gasteiger partial charge in [-0.3, -0.25) is 0 Å². The van der Waals surface area contributed by atoms with Gasteiger partial charge in [-0.2, -0.15) is 0 Å². The fourth-order valence-electron chi connectivity index (χ4n) is 2.22. The molecule has 0 amide bonds. The quantitative estimate of drug-likeness (QED) is 0.739. The molecule has 0 unspecified atom stereocenters. The molecule has 4 nitrogen and oxygen atoms in total. The SMILES string of the molecule is COCCNCc1cccc2c1ccn2CCOC. The molecule has 0 aliphatic carbocycles. The smallest absolute Gasteiger partial charge is 0.0641 e. The first-order valence-electron chi connectivity index (χ1n) is 6.62. The van der Waals surface area contributed by atoms with Gasteiger partial charge in [-0.25, -0.2) is 0 Å². The van der Waals surface area contributed by atoms with E-state index >= 15 is 0 Å². The van der Waals surface area contributed by atoms with Crippen LogP contribution in [-0.2, 0) is 22.6 Å². The summed E-state index contributed by atoms with van der Waals surface area (Å²) in [4.78, 5) is 0. The predicted octanol–water partition coefficient (Wildman–Crippen LogP) is 2.02. The fraction of sp³-hybridized carbons (Fsp3) is 0.467. The van der Waals surface area contributed by atoms with E-state index in [1.54, 1.807) is 14.2 Å². The molecule has 0 bridgehead atoms. The van der Waals surface area contributed by atoms with Gasteiger partial charge in [-0.15, -0.1) is 0 Å². The molecule has 0 saturated carbocycles. The van der Waals surface area contributed by atoms with Gasteiger partial charge in [-0.05, 0) is 17.7 Å². The van der Waals surface area contributed by atoms with Crippen LogP contribution in [0.25, 0.3) is 10.9 Å². The van der Waals surface area contributed by atoms with Crippen molar-refractivity contribution in [3.05, 3.63) is 36.0 Å². The van der Waals surface area contributed by atoms with E-state index in [1.807, 2.05) is 0 Å². The van der Waals surface area contributed by atoms with E-state index in [0.717, 1.165) is 32.8 Å². The third kappa shape index (κ3) is 3.56. The van der Waals surface area contributed by atoms with E-state index in [-0.39, 0.29) is 0 Å². The number of nitrogens with zero attached hydrogens (tertiary/aromatic N) is 1. The first kappa shape index (κ1) is 14.1. The van der Waals surface area contributed by atoms with Gasteiger partial charge < -0.3 is 19.4 Å². The first-order valence-corrected chi connectivity index (χ1v) is 6.62. The number of methoxy groups -OCH3 is 2. The van der Waals surface area contributed by atoms with E-state index in [2.05, 4.69) is 40.3 Å². The number of rotatable bonds is 8. The highest BCUT2D eigenvalue weighted by Crippen LogP contribution is 2.20. The van der Waals surface area contributed by atoms with Gasteiger partial charge in [0.05, 0.1) is 13.2 Å². The van der Waals surface area contributed by atoms with E-state index in [0.29, 0.717) is 0 Å². The summed E-state index contributed by atoms with van der Waals surface area (Å²) in [6, 6.07) is 8.61. The summed E-state index contributed by atoms with van der Waals surface area (Å²) in [7, 11) is 3.45. The van der Waals surface area contributed by atoms with Crippen molar-refractivity contribution in [2.24, 2.45) is 0 Å². The van der Waals surface area contributed by atoms with Crippen LogP contribution in [0.4, 0.5) is 0 Å². The van der Waals surface area contributed by atoms with Crippen molar-refractivity contribution in [3.63, 3.8) is 0 Å². The zero-order valence-electron chi connectivity index (χ0n) is 11.7. The molecule has 2 rings (SSSR count). The fourth-order valence-corrected chi connectivity index (χ4v) is 2.22. The highest BCUT2D eigenvalue weighted by Gasteiger charge is 2.05. The van der Waals surface area contributed by atoms with Crippen LogP contribution in [0.15, 0.2) is 30.5 Å². The van der Waals surface area contributed by atoms with Crippen LogP contribution in [0, 0.1) is 0 Å². The van der Waals surface area contributed by atoms with Crippen molar-refractivity contribution in [2.75, 3.05) is 34.0 Å². The minimum Gasteiger partial charge on any atom is -0.383 e. The van der Waals surface area contributed by atoms with Crippen LogP contribution >= 0.6 is 0 Å². The Morgan fingerprint density at radius 1 is 1.11 bits per heavy atom. The first-order chi connectivity index (χ1) is 9.36. The summed E-state index contributed by atoms with van der Waals surface area (Å²) in [6.45, 7) is 4.11. The second-order valence-electron chi connectivity index (χ2n) is 4.52. The maximum absolute atomic E-state index is 5.14. The third-order valence-electron chi connectivity index (χ3n) is 3.24.